The molecule has 8 nitrogen and oxygen atoms in total. The van der Waals surface area contributed by atoms with Gasteiger partial charge < -0.3 is 14.1 Å². The van der Waals surface area contributed by atoms with E-state index < -0.39 is 0 Å². The van der Waals surface area contributed by atoms with E-state index in [0.717, 1.165) is 11.3 Å². The van der Waals surface area contributed by atoms with Gasteiger partial charge in [0.25, 0.3) is 5.91 Å². The SMILES string of the molecule is O=C1N=C(CN(Cc2ncco2)C(=O)CCc2ccccc2)N=C2CCOCC12. The van der Waals surface area contributed by atoms with Crippen LogP contribution in [-0.2, 0) is 27.3 Å². The Morgan fingerprint density at radius 1 is 1.17 bits per heavy atom. The third kappa shape index (κ3) is 4.83. The molecule has 150 valence electrons. The van der Waals surface area contributed by atoms with Gasteiger partial charge in [-0.15, -0.1) is 0 Å². The van der Waals surface area contributed by atoms with Gasteiger partial charge in [0.1, 0.15) is 12.2 Å². The summed E-state index contributed by atoms with van der Waals surface area (Å²) in [5, 5.41) is 0. The van der Waals surface area contributed by atoms with Crippen LogP contribution < -0.4 is 0 Å². The van der Waals surface area contributed by atoms with Gasteiger partial charge in [-0.3, -0.25) is 9.59 Å². The number of benzene rings is 1. The largest absolute Gasteiger partial charge is 0.447 e. The van der Waals surface area contributed by atoms with E-state index in [4.69, 9.17) is 9.15 Å². The summed E-state index contributed by atoms with van der Waals surface area (Å²) in [4.78, 5) is 39.6. The van der Waals surface area contributed by atoms with Crippen molar-refractivity contribution in [1.82, 2.24) is 9.88 Å². The second kappa shape index (κ2) is 8.91. The molecule has 2 aliphatic rings. The Labute approximate surface area is 168 Å². The normalized spacial score (nSPS) is 18.6. The summed E-state index contributed by atoms with van der Waals surface area (Å²) in [5.74, 6) is 0.0654. The number of fused-ring (bicyclic) bond motifs is 1. The molecular formula is C21H22N4O4. The summed E-state index contributed by atoms with van der Waals surface area (Å²) in [6, 6.07) is 9.83. The first-order valence-corrected chi connectivity index (χ1v) is 9.66. The number of rotatable bonds is 7. The minimum Gasteiger partial charge on any atom is -0.447 e. The molecule has 2 amide bonds. The molecule has 2 aromatic rings. The summed E-state index contributed by atoms with van der Waals surface area (Å²) in [7, 11) is 0. The average Bonchev–Trinajstić information content (AvgIpc) is 3.25. The molecule has 0 radical (unpaired) electrons. The van der Waals surface area contributed by atoms with Gasteiger partial charge in [-0.25, -0.2) is 9.98 Å². The lowest BCUT2D eigenvalue weighted by Crippen LogP contribution is -2.41. The Morgan fingerprint density at radius 2 is 2.03 bits per heavy atom. The number of aryl methyl sites for hydroxylation is 1. The maximum atomic E-state index is 12.9. The smallest absolute Gasteiger partial charge is 0.258 e. The number of carbonyl (C=O) groups excluding carboxylic acids is 2. The third-order valence-electron chi connectivity index (χ3n) is 4.96. The molecular weight excluding hydrogens is 372 g/mol. The van der Waals surface area contributed by atoms with Crippen molar-refractivity contribution in [2.45, 2.75) is 25.8 Å². The topological polar surface area (TPSA) is 97.4 Å². The number of aromatic nitrogens is 1. The summed E-state index contributed by atoms with van der Waals surface area (Å²) in [6.45, 7) is 1.21. The Morgan fingerprint density at radius 3 is 2.83 bits per heavy atom. The summed E-state index contributed by atoms with van der Waals surface area (Å²) < 4.78 is 10.7. The van der Waals surface area contributed by atoms with E-state index in [2.05, 4.69) is 15.0 Å². The van der Waals surface area contributed by atoms with Crippen molar-refractivity contribution >= 4 is 23.4 Å². The first-order valence-electron chi connectivity index (χ1n) is 9.66. The second-order valence-corrected chi connectivity index (χ2v) is 7.01. The van der Waals surface area contributed by atoms with Gasteiger partial charge in [0.05, 0.1) is 32.5 Å². The first-order chi connectivity index (χ1) is 14.2. The third-order valence-corrected chi connectivity index (χ3v) is 4.96. The Hall–Kier alpha value is -3.13. The number of carbonyl (C=O) groups is 2. The standard InChI is InChI=1S/C21H22N4O4/c26-20(7-6-15-4-2-1-3-5-15)25(13-19-22-9-11-29-19)12-18-23-17-8-10-28-14-16(17)21(27)24-18/h1-5,9,11,16H,6-8,10,12-14H2. The van der Waals surface area contributed by atoms with Crippen molar-refractivity contribution < 1.29 is 18.7 Å². The van der Waals surface area contributed by atoms with Crippen molar-refractivity contribution in [2.75, 3.05) is 19.8 Å². The van der Waals surface area contributed by atoms with Crippen molar-refractivity contribution in [1.29, 1.82) is 0 Å². The number of nitrogens with zero attached hydrogens (tertiary/aromatic N) is 4. The molecule has 1 saturated heterocycles. The predicted octanol–water partition coefficient (Wildman–Crippen LogP) is 2.05. The number of hydrogen-bond acceptors (Lipinski definition) is 6. The van der Waals surface area contributed by atoms with Crippen molar-refractivity contribution in [3.05, 3.63) is 54.2 Å². The lowest BCUT2D eigenvalue weighted by Gasteiger charge is -2.27. The predicted molar refractivity (Wildman–Crippen MR) is 105 cm³/mol. The highest BCUT2D eigenvalue weighted by molar-refractivity contribution is 6.17. The van der Waals surface area contributed by atoms with E-state index in [9.17, 15) is 9.59 Å². The molecule has 3 heterocycles. The van der Waals surface area contributed by atoms with Gasteiger partial charge in [-0.05, 0) is 12.0 Å². The lowest BCUT2D eigenvalue weighted by atomic mass is 9.97. The number of amides is 2. The van der Waals surface area contributed by atoms with Crippen LogP contribution in [0.2, 0.25) is 0 Å². The minimum atomic E-state index is -0.388. The molecule has 1 atom stereocenters. The number of oxazole rings is 1. The molecule has 1 unspecified atom stereocenters. The lowest BCUT2D eigenvalue weighted by molar-refractivity contribution is -0.131. The molecule has 0 saturated carbocycles. The van der Waals surface area contributed by atoms with Crippen LogP contribution in [0.1, 0.15) is 24.3 Å². The van der Waals surface area contributed by atoms with Crippen LogP contribution >= 0.6 is 0 Å². The van der Waals surface area contributed by atoms with Crippen LogP contribution in [0.4, 0.5) is 0 Å². The zero-order valence-corrected chi connectivity index (χ0v) is 16.0. The zero-order chi connectivity index (χ0) is 20.1. The molecule has 29 heavy (non-hydrogen) atoms. The molecule has 8 heteroatoms. The van der Waals surface area contributed by atoms with Gasteiger partial charge >= 0.3 is 0 Å². The fourth-order valence-corrected chi connectivity index (χ4v) is 3.41. The van der Waals surface area contributed by atoms with Gasteiger partial charge in [0, 0.05) is 18.6 Å². The van der Waals surface area contributed by atoms with Crippen molar-refractivity contribution in [3.63, 3.8) is 0 Å². The van der Waals surface area contributed by atoms with Crippen LogP contribution in [0.15, 0.2) is 57.2 Å². The second-order valence-electron chi connectivity index (χ2n) is 7.01. The molecule has 4 rings (SSSR count). The first kappa shape index (κ1) is 19.2. The molecule has 1 aromatic carbocycles. The monoisotopic (exact) mass is 394 g/mol. The fourth-order valence-electron chi connectivity index (χ4n) is 3.41. The molecule has 0 spiro atoms. The van der Waals surface area contributed by atoms with Gasteiger partial charge in [-0.2, -0.15) is 4.99 Å². The van der Waals surface area contributed by atoms with Gasteiger partial charge in [0.15, 0.2) is 5.84 Å². The minimum absolute atomic E-state index is 0.0727. The molecule has 1 aromatic heterocycles. The van der Waals surface area contributed by atoms with Crippen LogP contribution in [0.25, 0.3) is 0 Å². The van der Waals surface area contributed by atoms with Crippen LogP contribution in [0.5, 0.6) is 0 Å². The maximum Gasteiger partial charge on any atom is 0.258 e. The van der Waals surface area contributed by atoms with E-state index in [1.807, 2.05) is 30.3 Å². The highest BCUT2D eigenvalue weighted by Crippen LogP contribution is 2.18. The highest BCUT2D eigenvalue weighted by atomic mass is 16.5. The number of hydrogen-bond donors (Lipinski definition) is 0. The Balaban J connectivity index is 1.47. The van der Waals surface area contributed by atoms with Gasteiger partial charge in [0.2, 0.25) is 11.8 Å². The Bertz CT molecular complexity index is 921. The summed E-state index contributed by atoms with van der Waals surface area (Å²) in [6.07, 6.45) is 4.57. The van der Waals surface area contributed by atoms with Crippen LogP contribution in [0.3, 0.4) is 0 Å². The average molecular weight is 394 g/mol. The number of ether oxygens (including phenoxy) is 1. The van der Waals surface area contributed by atoms with Gasteiger partial charge in [-0.1, -0.05) is 30.3 Å². The van der Waals surface area contributed by atoms with E-state index in [0.29, 0.717) is 44.2 Å². The zero-order valence-electron chi connectivity index (χ0n) is 16.0. The van der Waals surface area contributed by atoms with E-state index in [1.54, 1.807) is 4.90 Å². The van der Waals surface area contributed by atoms with E-state index in [1.165, 1.54) is 12.5 Å². The highest BCUT2D eigenvalue weighted by Gasteiger charge is 2.32. The summed E-state index contributed by atoms with van der Waals surface area (Å²) >= 11 is 0. The molecule has 0 bridgehead atoms. The number of amidine groups is 1. The molecule has 1 fully saturated rings. The van der Waals surface area contributed by atoms with Crippen molar-refractivity contribution in [3.8, 4) is 0 Å². The van der Waals surface area contributed by atoms with E-state index >= 15 is 0 Å². The van der Waals surface area contributed by atoms with Crippen molar-refractivity contribution in [2.24, 2.45) is 15.9 Å². The number of aliphatic imine (C=N–C) groups is 2. The molecule has 0 N–H and O–H groups in total. The maximum absolute atomic E-state index is 12.9. The Kier molecular flexibility index (Phi) is 5.90. The van der Waals surface area contributed by atoms with E-state index in [-0.39, 0.29) is 30.8 Å². The molecule has 2 aliphatic heterocycles. The van der Waals surface area contributed by atoms with Crippen LogP contribution in [-0.4, -0.2) is 53.0 Å². The molecule has 0 aliphatic carbocycles. The van der Waals surface area contributed by atoms with Crippen LogP contribution in [0, 0.1) is 5.92 Å². The fraction of sp³-hybridized carbons (Fsp3) is 0.381. The quantitative estimate of drug-likeness (QED) is 0.716. The summed E-state index contributed by atoms with van der Waals surface area (Å²) in [5.41, 5.74) is 1.88.